The Labute approximate surface area is 161 Å². The molecule has 2 fully saturated rings. The third-order valence-corrected chi connectivity index (χ3v) is 5.40. The van der Waals surface area contributed by atoms with Crippen molar-refractivity contribution in [3.63, 3.8) is 0 Å². The van der Waals surface area contributed by atoms with Crippen molar-refractivity contribution in [2.75, 3.05) is 59.7 Å². The van der Waals surface area contributed by atoms with E-state index in [1.807, 2.05) is 24.3 Å². The predicted octanol–water partition coefficient (Wildman–Crippen LogP) is 0.782. The number of carbonyl (C=O) groups is 1. The van der Waals surface area contributed by atoms with Crippen LogP contribution in [0, 0.1) is 0 Å². The van der Waals surface area contributed by atoms with Crippen LogP contribution >= 0.6 is 0 Å². The van der Waals surface area contributed by atoms with Crippen LogP contribution in [-0.4, -0.2) is 76.1 Å². The maximum absolute atomic E-state index is 12.7. The molecule has 2 N–H and O–H groups in total. The van der Waals surface area contributed by atoms with Gasteiger partial charge in [0.2, 0.25) is 0 Å². The van der Waals surface area contributed by atoms with Crippen molar-refractivity contribution in [1.82, 2.24) is 15.5 Å². The molecule has 0 spiro atoms. The number of piperidine rings is 1. The Morgan fingerprint density at radius 2 is 2.00 bits per heavy atom. The zero-order valence-corrected chi connectivity index (χ0v) is 16.2. The average molecular weight is 377 g/mol. The molecule has 0 bridgehead atoms. The lowest BCUT2D eigenvalue weighted by molar-refractivity contribution is -0.146. The second-order valence-corrected chi connectivity index (χ2v) is 7.04. The first-order chi connectivity index (χ1) is 13.2. The Kier molecular flexibility index (Phi) is 7.46. The van der Waals surface area contributed by atoms with E-state index in [0.29, 0.717) is 26.0 Å². The number of ether oxygens (including phenoxy) is 3. The maximum atomic E-state index is 12.7. The van der Waals surface area contributed by atoms with E-state index in [4.69, 9.17) is 14.2 Å². The van der Waals surface area contributed by atoms with E-state index >= 15 is 0 Å². The van der Waals surface area contributed by atoms with Crippen LogP contribution in [0.1, 0.15) is 18.4 Å². The number of hydrogen-bond donors (Lipinski definition) is 2. The SMILES string of the molecule is COC1(C(=O)NCc2ccccc2OCCN2CCOCC2)CCNCC1. The van der Waals surface area contributed by atoms with Crippen molar-refractivity contribution in [3.05, 3.63) is 29.8 Å². The molecule has 0 saturated carbocycles. The smallest absolute Gasteiger partial charge is 0.252 e. The van der Waals surface area contributed by atoms with Crippen LogP contribution in [0.15, 0.2) is 24.3 Å². The molecule has 0 unspecified atom stereocenters. The van der Waals surface area contributed by atoms with Gasteiger partial charge in [-0.2, -0.15) is 0 Å². The fourth-order valence-electron chi connectivity index (χ4n) is 3.59. The quantitative estimate of drug-likeness (QED) is 0.698. The number of para-hydroxylation sites is 1. The summed E-state index contributed by atoms with van der Waals surface area (Å²) in [5.74, 6) is 0.775. The van der Waals surface area contributed by atoms with Gasteiger partial charge >= 0.3 is 0 Å². The molecule has 1 aromatic carbocycles. The highest BCUT2D eigenvalue weighted by atomic mass is 16.5. The minimum Gasteiger partial charge on any atom is -0.492 e. The number of nitrogens with zero attached hydrogens (tertiary/aromatic N) is 1. The van der Waals surface area contributed by atoms with Crippen molar-refractivity contribution in [3.8, 4) is 5.75 Å². The molecule has 27 heavy (non-hydrogen) atoms. The van der Waals surface area contributed by atoms with Gasteiger partial charge in [-0.05, 0) is 32.0 Å². The van der Waals surface area contributed by atoms with Gasteiger partial charge in [0.15, 0.2) is 0 Å². The second-order valence-electron chi connectivity index (χ2n) is 7.04. The highest BCUT2D eigenvalue weighted by Crippen LogP contribution is 2.23. The van der Waals surface area contributed by atoms with Gasteiger partial charge in [0.25, 0.3) is 5.91 Å². The molecular formula is C20H31N3O4. The summed E-state index contributed by atoms with van der Waals surface area (Å²) >= 11 is 0. The summed E-state index contributed by atoms with van der Waals surface area (Å²) in [5.41, 5.74) is 0.255. The van der Waals surface area contributed by atoms with Crippen LogP contribution in [0.4, 0.5) is 0 Å². The molecule has 150 valence electrons. The molecule has 7 nitrogen and oxygen atoms in total. The zero-order valence-electron chi connectivity index (χ0n) is 16.2. The molecule has 2 saturated heterocycles. The number of morpholine rings is 1. The molecule has 1 aromatic rings. The Morgan fingerprint density at radius 1 is 1.26 bits per heavy atom. The Hall–Kier alpha value is -1.67. The van der Waals surface area contributed by atoms with Crippen molar-refractivity contribution in [1.29, 1.82) is 0 Å². The molecule has 2 aliphatic rings. The first-order valence-corrected chi connectivity index (χ1v) is 9.78. The van der Waals surface area contributed by atoms with Crippen LogP contribution in [0.3, 0.4) is 0 Å². The van der Waals surface area contributed by atoms with Gasteiger partial charge in [0.1, 0.15) is 18.0 Å². The first kappa shape index (κ1) is 20.1. The van der Waals surface area contributed by atoms with Crippen molar-refractivity contribution in [2.24, 2.45) is 0 Å². The summed E-state index contributed by atoms with van der Waals surface area (Å²) in [6.07, 6.45) is 1.38. The van der Waals surface area contributed by atoms with Gasteiger partial charge in [0.05, 0.1) is 13.2 Å². The summed E-state index contributed by atoms with van der Waals surface area (Å²) in [6, 6.07) is 7.87. The molecule has 0 aliphatic carbocycles. The number of benzene rings is 1. The van der Waals surface area contributed by atoms with Crippen LogP contribution in [0.5, 0.6) is 5.75 Å². The molecule has 7 heteroatoms. The highest BCUT2D eigenvalue weighted by Gasteiger charge is 2.39. The molecule has 0 atom stereocenters. The van der Waals surface area contributed by atoms with E-state index in [2.05, 4.69) is 15.5 Å². The van der Waals surface area contributed by atoms with Crippen LogP contribution in [0.2, 0.25) is 0 Å². The van der Waals surface area contributed by atoms with E-state index in [1.54, 1.807) is 7.11 Å². The number of carbonyl (C=O) groups excluding carboxylic acids is 1. The zero-order chi connectivity index (χ0) is 19.0. The lowest BCUT2D eigenvalue weighted by Crippen LogP contribution is -2.53. The maximum Gasteiger partial charge on any atom is 0.252 e. The number of nitrogens with one attached hydrogen (secondary N) is 2. The summed E-state index contributed by atoms with van der Waals surface area (Å²) < 4.78 is 17.0. The number of amides is 1. The molecule has 0 radical (unpaired) electrons. The third-order valence-electron chi connectivity index (χ3n) is 5.40. The van der Waals surface area contributed by atoms with E-state index < -0.39 is 5.60 Å². The molecule has 3 rings (SSSR count). The lowest BCUT2D eigenvalue weighted by atomic mass is 9.91. The predicted molar refractivity (Wildman–Crippen MR) is 103 cm³/mol. The largest absolute Gasteiger partial charge is 0.492 e. The second kappa shape index (κ2) is 10.0. The van der Waals surface area contributed by atoms with E-state index in [9.17, 15) is 4.79 Å². The Morgan fingerprint density at radius 3 is 2.74 bits per heavy atom. The Bertz CT molecular complexity index is 599. The van der Waals surface area contributed by atoms with Gasteiger partial charge in [-0.3, -0.25) is 9.69 Å². The molecule has 1 amide bonds. The topological polar surface area (TPSA) is 72.1 Å². The van der Waals surface area contributed by atoms with Gasteiger partial charge in [-0.1, -0.05) is 18.2 Å². The fraction of sp³-hybridized carbons (Fsp3) is 0.650. The molecule has 2 aliphatic heterocycles. The van der Waals surface area contributed by atoms with Crippen LogP contribution in [0.25, 0.3) is 0 Å². The fourth-order valence-corrected chi connectivity index (χ4v) is 3.59. The summed E-state index contributed by atoms with van der Waals surface area (Å²) in [6.45, 7) is 7.02. The summed E-state index contributed by atoms with van der Waals surface area (Å²) in [7, 11) is 1.62. The van der Waals surface area contributed by atoms with Crippen molar-refractivity contribution >= 4 is 5.91 Å². The number of hydrogen-bond acceptors (Lipinski definition) is 6. The van der Waals surface area contributed by atoms with E-state index in [1.165, 1.54) is 0 Å². The standard InChI is InChI=1S/C20H31N3O4/c1-25-20(6-8-21-9-7-20)19(24)22-16-17-4-2-3-5-18(17)27-15-12-23-10-13-26-14-11-23/h2-5,21H,6-16H2,1H3,(H,22,24). The summed E-state index contributed by atoms with van der Waals surface area (Å²) in [5, 5.41) is 6.31. The summed E-state index contributed by atoms with van der Waals surface area (Å²) in [4.78, 5) is 15.1. The Balaban J connectivity index is 1.51. The minimum absolute atomic E-state index is 0.0466. The monoisotopic (exact) mass is 377 g/mol. The van der Waals surface area contributed by atoms with Gasteiger partial charge in [-0.25, -0.2) is 0 Å². The molecular weight excluding hydrogens is 346 g/mol. The minimum atomic E-state index is -0.725. The third kappa shape index (κ3) is 5.42. The molecule has 2 heterocycles. The van der Waals surface area contributed by atoms with Crippen LogP contribution in [-0.2, 0) is 20.8 Å². The average Bonchev–Trinajstić information content (AvgIpc) is 2.74. The van der Waals surface area contributed by atoms with Gasteiger partial charge in [0, 0.05) is 38.9 Å². The lowest BCUT2D eigenvalue weighted by Gasteiger charge is -2.34. The van der Waals surface area contributed by atoms with E-state index in [-0.39, 0.29) is 5.91 Å². The van der Waals surface area contributed by atoms with E-state index in [0.717, 1.165) is 57.3 Å². The van der Waals surface area contributed by atoms with Crippen molar-refractivity contribution < 1.29 is 19.0 Å². The van der Waals surface area contributed by atoms with Crippen molar-refractivity contribution in [2.45, 2.75) is 25.0 Å². The van der Waals surface area contributed by atoms with Gasteiger partial charge < -0.3 is 24.8 Å². The van der Waals surface area contributed by atoms with Crippen LogP contribution < -0.4 is 15.4 Å². The number of methoxy groups -OCH3 is 1. The highest BCUT2D eigenvalue weighted by molar-refractivity contribution is 5.85. The first-order valence-electron chi connectivity index (χ1n) is 9.78. The normalized spacial score (nSPS) is 20.2. The number of rotatable bonds is 8. The van der Waals surface area contributed by atoms with Gasteiger partial charge in [-0.15, -0.1) is 0 Å². The molecule has 0 aromatic heterocycles.